The fraction of sp³-hybridized carbons (Fsp3) is 0.345. The molecule has 1 aliphatic carbocycles. The Labute approximate surface area is 272 Å². The Morgan fingerprint density at radius 1 is 1.02 bits per heavy atom. The van der Waals surface area contributed by atoms with Gasteiger partial charge in [0.05, 0.1) is 25.7 Å². The molecular formula is C29H28Cl2F2NO9S2+. The van der Waals surface area contributed by atoms with Crippen LogP contribution >= 0.6 is 35.0 Å². The number of pyridine rings is 1. The summed E-state index contributed by atoms with van der Waals surface area (Å²) in [5, 5.41) is -0.0383. The number of ether oxygens (including phenoxy) is 4. The Morgan fingerprint density at radius 3 is 2.33 bits per heavy atom. The molecule has 0 radical (unpaired) electrons. The largest absolute Gasteiger partial charge is 0.493 e. The molecule has 1 saturated carbocycles. The third-order valence-electron chi connectivity index (χ3n) is 6.35. The molecule has 0 saturated heterocycles. The number of aromatic amines is 1. The summed E-state index contributed by atoms with van der Waals surface area (Å²) in [4.78, 5) is 28.7. The summed E-state index contributed by atoms with van der Waals surface area (Å²) in [6, 6.07) is 8.14. The van der Waals surface area contributed by atoms with Gasteiger partial charge in [-0.05, 0) is 54.7 Å². The topological polar surface area (TPSA) is 129 Å². The predicted octanol–water partition coefficient (Wildman–Crippen LogP) is 5.95. The second-order valence-corrected chi connectivity index (χ2v) is 13.2. The lowest BCUT2D eigenvalue weighted by Gasteiger charge is -2.21. The molecule has 0 amide bonds. The molecule has 1 aliphatic rings. The summed E-state index contributed by atoms with van der Waals surface area (Å²) in [7, 11) is -2.61. The maximum absolute atomic E-state index is 13.1. The van der Waals surface area contributed by atoms with E-state index in [9.17, 15) is 26.8 Å². The van der Waals surface area contributed by atoms with Gasteiger partial charge in [0.15, 0.2) is 35.4 Å². The molecule has 4 rings (SSSR count). The van der Waals surface area contributed by atoms with Gasteiger partial charge in [-0.25, -0.2) is 4.98 Å². The number of halogens is 4. The van der Waals surface area contributed by atoms with Crippen LogP contribution in [0.5, 0.6) is 23.0 Å². The van der Waals surface area contributed by atoms with Crippen molar-refractivity contribution in [1.29, 1.82) is 0 Å². The van der Waals surface area contributed by atoms with Crippen LogP contribution in [0.3, 0.4) is 0 Å². The van der Waals surface area contributed by atoms with Gasteiger partial charge in [0.2, 0.25) is 5.12 Å². The van der Waals surface area contributed by atoms with Gasteiger partial charge in [-0.3, -0.25) is 9.59 Å². The first-order chi connectivity index (χ1) is 21.3. The van der Waals surface area contributed by atoms with Crippen molar-refractivity contribution >= 4 is 56.2 Å². The Balaban J connectivity index is 1.54. The third kappa shape index (κ3) is 10.3. The SMILES string of the molecule is COc1ccc(C(=O)SCC(=O)O[C@@H](Cc2c(Cl)c[nH+]cc2Cl)c2ccc(OC(F)F)c(OCC3CC3)c2)cc1OS(C)(=O)=O. The molecule has 1 heterocycles. The van der Waals surface area contributed by atoms with Crippen LogP contribution in [0, 0.1) is 5.92 Å². The van der Waals surface area contributed by atoms with Gasteiger partial charge >= 0.3 is 22.7 Å². The molecule has 0 bridgehead atoms. The number of carbonyl (C=O) groups is 2. The molecule has 3 aromatic rings. The minimum absolute atomic E-state index is 0.00150. The quantitative estimate of drug-likeness (QED) is 0.138. The second kappa shape index (κ2) is 15.3. The van der Waals surface area contributed by atoms with E-state index in [-0.39, 0.29) is 45.0 Å². The van der Waals surface area contributed by atoms with Crippen LogP contribution < -0.4 is 23.4 Å². The number of esters is 1. The summed E-state index contributed by atoms with van der Waals surface area (Å²) < 4.78 is 75.5. The highest BCUT2D eigenvalue weighted by molar-refractivity contribution is 8.14. The highest BCUT2D eigenvalue weighted by Crippen LogP contribution is 2.38. The fourth-order valence-corrected chi connectivity index (χ4v) is 5.64. The van der Waals surface area contributed by atoms with E-state index in [0.717, 1.165) is 19.1 Å². The number of H-pyrrole nitrogens is 1. The summed E-state index contributed by atoms with van der Waals surface area (Å²) >= 11 is 13.3. The number of benzene rings is 2. The molecule has 1 aromatic heterocycles. The molecule has 1 N–H and O–H groups in total. The van der Waals surface area contributed by atoms with Crippen molar-refractivity contribution in [2.24, 2.45) is 5.92 Å². The van der Waals surface area contributed by atoms with E-state index in [0.29, 0.717) is 35.4 Å². The van der Waals surface area contributed by atoms with E-state index in [1.807, 2.05) is 0 Å². The highest BCUT2D eigenvalue weighted by atomic mass is 35.5. The molecule has 1 fully saturated rings. The van der Waals surface area contributed by atoms with E-state index < -0.39 is 39.7 Å². The normalized spacial score (nSPS) is 13.7. The van der Waals surface area contributed by atoms with Gasteiger partial charge < -0.3 is 23.1 Å². The predicted molar refractivity (Wildman–Crippen MR) is 162 cm³/mol. The maximum atomic E-state index is 13.1. The average molecular weight is 708 g/mol. The van der Waals surface area contributed by atoms with E-state index in [1.54, 1.807) is 0 Å². The van der Waals surface area contributed by atoms with Crippen LogP contribution in [-0.4, -0.2) is 51.8 Å². The lowest BCUT2D eigenvalue weighted by atomic mass is 10.0. The Hall–Kier alpha value is -3.33. The van der Waals surface area contributed by atoms with E-state index in [4.69, 9.17) is 41.6 Å². The molecular weight excluding hydrogens is 679 g/mol. The molecule has 0 aliphatic heterocycles. The van der Waals surface area contributed by atoms with Crippen molar-refractivity contribution in [2.45, 2.75) is 32.0 Å². The van der Waals surface area contributed by atoms with Crippen molar-refractivity contribution in [3.63, 3.8) is 0 Å². The smallest absolute Gasteiger partial charge is 0.387 e. The van der Waals surface area contributed by atoms with Gasteiger partial charge in [0.1, 0.15) is 16.1 Å². The molecule has 10 nitrogen and oxygen atoms in total. The van der Waals surface area contributed by atoms with Crippen LogP contribution in [0.15, 0.2) is 48.8 Å². The van der Waals surface area contributed by atoms with Crippen molar-refractivity contribution in [3.05, 3.63) is 75.5 Å². The summed E-state index contributed by atoms with van der Waals surface area (Å²) in [6.07, 6.45) is 4.74. The number of aromatic nitrogens is 1. The van der Waals surface area contributed by atoms with Crippen molar-refractivity contribution in [1.82, 2.24) is 0 Å². The van der Waals surface area contributed by atoms with Gasteiger partial charge in [0.25, 0.3) is 0 Å². The molecule has 242 valence electrons. The van der Waals surface area contributed by atoms with Gasteiger partial charge in [0, 0.05) is 17.5 Å². The minimum Gasteiger partial charge on any atom is -0.493 e. The number of hydrogen-bond acceptors (Lipinski definition) is 10. The highest BCUT2D eigenvalue weighted by Gasteiger charge is 2.27. The summed E-state index contributed by atoms with van der Waals surface area (Å²) in [5.41, 5.74) is 0.878. The Kier molecular flexibility index (Phi) is 11.7. The first-order valence-corrected chi connectivity index (χ1v) is 16.9. The van der Waals surface area contributed by atoms with Crippen LogP contribution in [-0.2, 0) is 26.1 Å². The van der Waals surface area contributed by atoms with Crippen molar-refractivity contribution in [3.8, 4) is 23.0 Å². The number of thioether (sulfide) groups is 1. The number of methoxy groups -OCH3 is 1. The van der Waals surface area contributed by atoms with Crippen molar-refractivity contribution < 1.29 is 54.9 Å². The van der Waals surface area contributed by atoms with Gasteiger partial charge in [-0.2, -0.15) is 17.2 Å². The third-order valence-corrected chi connectivity index (χ3v) is 8.38. The Bertz CT molecular complexity index is 1640. The lowest BCUT2D eigenvalue weighted by molar-refractivity contribution is -0.377. The number of carbonyl (C=O) groups excluding carboxylic acids is 2. The second-order valence-electron chi connectivity index (χ2n) is 9.88. The summed E-state index contributed by atoms with van der Waals surface area (Å²) in [5.74, 6) is -1.13. The standard InChI is InChI=1S/C29H27Cl2F2NO9S2/c1-39-22-7-6-18(10-26(22)43-45(2,37)38)28(36)44-15-27(35)41-24(11-19-20(30)12-34-13-21(19)31)17-5-8-23(42-29(32)33)25(9-17)40-14-16-3-4-16/h5-10,12-13,16,24,29H,3-4,11,14-15H2,1-2H3/p+1/t24-/m0/s1. The first kappa shape index (κ1) is 34.5. The average Bonchev–Trinajstić information content (AvgIpc) is 3.80. The van der Waals surface area contributed by atoms with E-state index >= 15 is 0 Å². The number of hydrogen-bond donors (Lipinski definition) is 0. The van der Waals surface area contributed by atoms with Gasteiger partial charge in [-0.15, -0.1) is 0 Å². The number of rotatable bonds is 15. The van der Waals surface area contributed by atoms with Crippen LogP contribution in [0.4, 0.5) is 8.78 Å². The van der Waals surface area contributed by atoms with Gasteiger partial charge in [-0.1, -0.05) is 41.0 Å². The van der Waals surface area contributed by atoms with E-state index in [1.165, 1.54) is 55.9 Å². The lowest BCUT2D eigenvalue weighted by Crippen LogP contribution is -2.18. The van der Waals surface area contributed by atoms with E-state index in [2.05, 4.69) is 9.72 Å². The zero-order chi connectivity index (χ0) is 32.7. The zero-order valence-electron chi connectivity index (χ0n) is 23.9. The van der Waals surface area contributed by atoms with Crippen LogP contribution in [0.2, 0.25) is 10.0 Å². The Morgan fingerprint density at radius 2 is 1.71 bits per heavy atom. The molecule has 0 spiro atoms. The number of alkyl halides is 2. The first-order valence-electron chi connectivity index (χ1n) is 13.3. The minimum atomic E-state index is -3.91. The van der Waals surface area contributed by atoms with Crippen LogP contribution in [0.1, 0.15) is 40.4 Å². The molecule has 2 aromatic carbocycles. The van der Waals surface area contributed by atoms with Crippen molar-refractivity contribution in [2.75, 3.05) is 25.7 Å². The monoisotopic (exact) mass is 706 g/mol. The maximum Gasteiger partial charge on any atom is 0.387 e. The van der Waals surface area contributed by atoms with Crippen LogP contribution in [0.25, 0.3) is 0 Å². The zero-order valence-corrected chi connectivity index (χ0v) is 27.0. The summed E-state index contributed by atoms with van der Waals surface area (Å²) in [6.45, 7) is -2.78. The fourth-order valence-electron chi connectivity index (χ4n) is 4.04. The molecule has 16 heteroatoms. The molecule has 1 atom stereocenters. The molecule has 0 unspecified atom stereocenters. The number of nitrogens with one attached hydrogen (secondary N) is 1. The molecule has 45 heavy (non-hydrogen) atoms.